The lowest BCUT2D eigenvalue weighted by molar-refractivity contribution is 0.142. The maximum atomic E-state index is 4.23. The summed E-state index contributed by atoms with van der Waals surface area (Å²) in [6.45, 7) is 11.8. The van der Waals surface area contributed by atoms with E-state index in [1.54, 1.807) is 0 Å². The Balaban J connectivity index is 1.43. The monoisotopic (exact) mass is 313 g/mol. The molecule has 0 radical (unpaired) electrons. The number of hydrogen-bond acceptors (Lipinski definition) is 3. The Bertz CT molecular complexity index is 503. The zero-order valence-electron chi connectivity index (χ0n) is 14.7. The van der Waals surface area contributed by atoms with Crippen LogP contribution >= 0.6 is 0 Å². The average molecular weight is 313 g/mol. The molecule has 1 unspecified atom stereocenters. The van der Waals surface area contributed by atoms with Crippen LogP contribution in [-0.2, 0) is 6.54 Å². The highest BCUT2D eigenvalue weighted by Crippen LogP contribution is 2.32. The van der Waals surface area contributed by atoms with Crippen molar-refractivity contribution < 1.29 is 0 Å². The van der Waals surface area contributed by atoms with Gasteiger partial charge in [-0.2, -0.15) is 0 Å². The van der Waals surface area contributed by atoms with Crippen molar-refractivity contribution in [2.75, 3.05) is 32.7 Å². The number of hydrogen-bond donors (Lipinski definition) is 0. The van der Waals surface area contributed by atoms with E-state index in [1.165, 1.54) is 63.1 Å². The molecule has 0 N–H and O–H groups in total. The van der Waals surface area contributed by atoms with Crippen LogP contribution in [0.15, 0.2) is 36.2 Å². The molecular weight excluding hydrogens is 282 g/mol. The van der Waals surface area contributed by atoms with Crippen LogP contribution in [0.5, 0.6) is 0 Å². The fourth-order valence-electron chi connectivity index (χ4n) is 4.17. The predicted octanol–water partition coefficient (Wildman–Crippen LogP) is 3.58. The van der Waals surface area contributed by atoms with Crippen molar-refractivity contribution in [2.24, 2.45) is 11.8 Å². The van der Waals surface area contributed by atoms with Gasteiger partial charge in [0.05, 0.1) is 0 Å². The van der Waals surface area contributed by atoms with Crippen molar-refractivity contribution in [2.45, 2.75) is 39.7 Å². The lowest BCUT2D eigenvalue weighted by atomic mass is 9.83. The highest BCUT2D eigenvalue weighted by atomic mass is 15.2. The maximum Gasteiger partial charge on any atom is 0.0312 e. The Morgan fingerprint density at radius 1 is 1.17 bits per heavy atom. The molecule has 1 aromatic heterocycles. The van der Waals surface area contributed by atoms with Gasteiger partial charge in [0.2, 0.25) is 0 Å². The number of nitrogens with zero attached hydrogens (tertiary/aromatic N) is 3. The second kappa shape index (κ2) is 8.07. The third-order valence-electron chi connectivity index (χ3n) is 5.70. The van der Waals surface area contributed by atoms with Gasteiger partial charge < -0.3 is 0 Å². The summed E-state index contributed by atoms with van der Waals surface area (Å²) in [7, 11) is 0. The number of pyridine rings is 1. The lowest BCUT2D eigenvalue weighted by Crippen LogP contribution is -2.36. The minimum atomic E-state index is 0.931. The summed E-state index contributed by atoms with van der Waals surface area (Å²) in [6, 6.07) is 4.24. The summed E-state index contributed by atoms with van der Waals surface area (Å²) < 4.78 is 0. The van der Waals surface area contributed by atoms with E-state index >= 15 is 0 Å². The van der Waals surface area contributed by atoms with Crippen molar-refractivity contribution >= 4 is 0 Å². The van der Waals surface area contributed by atoms with Gasteiger partial charge in [0, 0.05) is 32.0 Å². The van der Waals surface area contributed by atoms with Crippen molar-refractivity contribution in [3.05, 3.63) is 41.7 Å². The molecule has 2 fully saturated rings. The Kier molecular flexibility index (Phi) is 5.85. The quantitative estimate of drug-likeness (QED) is 0.775. The topological polar surface area (TPSA) is 19.4 Å². The first-order valence-electron chi connectivity index (χ1n) is 9.20. The molecular formula is C20H31N3. The summed E-state index contributed by atoms with van der Waals surface area (Å²) in [5, 5.41) is 0. The number of piperidine rings is 1. The molecule has 0 saturated carbocycles. The first-order chi connectivity index (χ1) is 11.2. The van der Waals surface area contributed by atoms with Crippen LogP contribution in [0.3, 0.4) is 0 Å². The Morgan fingerprint density at radius 2 is 1.91 bits per heavy atom. The highest BCUT2D eigenvalue weighted by molar-refractivity contribution is 5.08. The third-order valence-corrected chi connectivity index (χ3v) is 5.70. The average Bonchev–Trinajstić information content (AvgIpc) is 3.05. The molecule has 2 aliphatic rings. The van der Waals surface area contributed by atoms with E-state index in [-0.39, 0.29) is 0 Å². The largest absolute Gasteiger partial charge is 0.299 e. The molecule has 1 atom stereocenters. The number of likely N-dealkylation sites (tertiary alicyclic amines) is 2. The second-order valence-corrected chi connectivity index (χ2v) is 7.39. The molecule has 3 heterocycles. The minimum Gasteiger partial charge on any atom is -0.299 e. The van der Waals surface area contributed by atoms with Crippen LogP contribution in [0.4, 0.5) is 0 Å². The van der Waals surface area contributed by atoms with E-state index in [0.29, 0.717) is 0 Å². The van der Waals surface area contributed by atoms with Crippen molar-refractivity contribution in [1.82, 2.24) is 14.8 Å². The third kappa shape index (κ3) is 4.65. The van der Waals surface area contributed by atoms with E-state index in [2.05, 4.69) is 40.8 Å². The van der Waals surface area contributed by atoms with Crippen LogP contribution in [0, 0.1) is 11.8 Å². The van der Waals surface area contributed by atoms with E-state index in [0.717, 1.165) is 18.4 Å². The first-order valence-corrected chi connectivity index (χ1v) is 9.20. The molecule has 2 saturated heterocycles. The van der Waals surface area contributed by atoms with Gasteiger partial charge in [-0.25, -0.2) is 0 Å². The molecule has 2 aliphatic heterocycles. The molecule has 0 amide bonds. The second-order valence-electron chi connectivity index (χ2n) is 7.39. The van der Waals surface area contributed by atoms with Gasteiger partial charge in [-0.3, -0.25) is 14.8 Å². The summed E-state index contributed by atoms with van der Waals surface area (Å²) in [5.41, 5.74) is 2.86. The Labute approximate surface area is 141 Å². The van der Waals surface area contributed by atoms with E-state index in [1.807, 2.05) is 18.5 Å². The van der Waals surface area contributed by atoms with Crippen LogP contribution in [0.25, 0.3) is 0 Å². The Hall–Kier alpha value is -1.19. The van der Waals surface area contributed by atoms with Gasteiger partial charge in [0.15, 0.2) is 0 Å². The fourth-order valence-corrected chi connectivity index (χ4v) is 4.17. The number of aromatic nitrogens is 1. The molecule has 3 nitrogen and oxygen atoms in total. The normalized spacial score (nSPS) is 25.1. The van der Waals surface area contributed by atoms with Gasteiger partial charge >= 0.3 is 0 Å². The van der Waals surface area contributed by atoms with Gasteiger partial charge in [-0.1, -0.05) is 17.7 Å². The van der Waals surface area contributed by atoms with Crippen molar-refractivity contribution in [1.29, 1.82) is 0 Å². The smallest absolute Gasteiger partial charge is 0.0312 e. The fraction of sp³-hybridized carbons (Fsp3) is 0.650. The van der Waals surface area contributed by atoms with Crippen molar-refractivity contribution in [3.63, 3.8) is 0 Å². The first kappa shape index (κ1) is 16.7. The summed E-state index contributed by atoms with van der Waals surface area (Å²) in [4.78, 5) is 9.49. The van der Waals surface area contributed by atoms with Crippen molar-refractivity contribution in [3.8, 4) is 0 Å². The molecule has 3 rings (SSSR count). The molecule has 0 spiro atoms. The molecule has 0 aromatic carbocycles. The van der Waals surface area contributed by atoms with E-state index < -0.39 is 0 Å². The number of allylic oxidation sites excluding steroid dienone is 1. The van der Waals surface area contributed by atoms with Crippen LogP contribution in [0.1, 0.15) is 38.7 Å². The van der Waals surface area contributed by atoms with Crippen LogP contribution < -0.4 is 0 Å². The zero-order chi connectivity index (χ0) is 16.1. The van der Waals surface area contributed by atoms with Gasteiger partial charge in [-0.15, -0.1) is 0 Å². The SMILES string of the molecule is CC=C(C)CN1CCC(C2CCN(Cc3cccnc3)CC2)C1. The van der Waals surface area contributed by atoms with Crippen LogP contribution in [-0.4, -0.2) is 47.5 Å². The van der Waals surface area contributed by atoms with Crippen LogP contribution in [0.2, 0.25) is 0 Å². The highest BCUT2D eigenvalue weighted by Gasteiger charge is 2.31. The molecule has 0 bridgehead atoms. The maximum absolute atomic E-state index is 4.23. The lowest BCUT2D eigenvalue weighted by Gasteiger charge is -2.35. The molecule has 3 heteroatoms. The van der Waals surface area contributed by atoms with E-state index in [4.69, 9.17) is 0 Å². The van der Waals surface area contributed by atoms with Gasteiger partial charge in [0.25, 0.3) is 0 Å². The zero-order valence-corrected chi connectivity index (χ0v) is 14.7. The van der Waals surface area contributed by atoms with E-state index in [9.17, 15) is 0 Å². The number of rotatable bonds is 5. The molecule has 126 valence electrons. The van der Waals surface area contributed by atoms with Gasteiger partial charge in [0.1, 0.15) is 0 Å². The summed E-state index contributed by atoms with van der Waals surface area (Å²) >= 11 is 0. The molecule has 1 aromatic rings. The minimum absolute atomic E-state index is 0.931. The standard InChI is InChI=1S/C20H31N3/c1-3-17(2)14-23-12-8-20(16-23)19-6-10-22(11-7-19)15-18-5-4-9-21-13-18/h3-5,9,13,19-20H,6-8,10-12,14-16H2,1-2H3. The summed E-state index contributed by atoms with van der Waals surface area (Å²) in [6.07, 6.45) is 10.3. The molecule has 0 aliphatic carbocycles. The van der Waals surface area contributed by atoms with Gasteiger partial charge in [-0.05, 0) is 76.2 Å². The predicted molar refractivity (Wildman–Crippen MR) is 96.2 cm³/mol. The Morgan fingerprint density at radius 3 is 2.61 bits per heavy atom. The molecule has 23 heavy (non-hydrogen) atoms. The summed E-state index contributed by atoms with van der Waals surface area (Å²) in [5.74, 6) is 1.87.